The second-order valence-corrected chi connectivity index (χ2v) is 7.82. The highest BCUT2D eigenvalue weighted by molar-refractivity contribution is 6.07. The first-order valence-corrected chi connectivity index (χ1v) is 11.1. The summed E-state index contributed by atoms with van der Waals surface area (Å²) in [5.41, 5.74) is 2.13. The third kappa shape index (κ3) is 6.15. The van der Waals surface area contributed by atoms with E-state index < -0.39 is 28.7 Å². The highest BCUT2D eigenvalue weighted by atomic mass is 16.6. The zero-order valence-electron chi connectivity index (χ0n) is 19.8. The SMILES string of the molecule is CCOC(=O)C1=C(COCCc2ccncc2)N=C(C)C(C(=O)OC)C1c1cccc([N+](=O)[O-])c1. The number of esters is 2. The van der Waals surface area contributed by atoms with Crippen LogP contribution in [0.1, 0.15) is 30.9 Å². The largest absolute Gasteiger partial charge is 0.468 e. The number of non-ortho nitro benzene ring substituents is 1. The highest BCUT2D eigenvalue weighted by Crippen LogP contribution is 2.41. The molecule has 1 aliphatic heterocycles. The molecular weight excluding hydrogens is 454 g/mol. The van der Waals surface area contributed by atoms with Crippen molar-refractivity contribution in [3.8, 4) is 0 Å². The number of aliphatic imine (C=N–C) groups is 1. The van der Waals surface area contributed by atoms with Gasteiger partial charge in [0.05, 0.1) is 43.1 Å². The predicted molar refractivity (Wildman–Crippen MR) is 127 cm³/mol. The summed E-state index contributed by atoms with van der Waals surface area (Å²) in [5, 5.41) is 11.4. The maximum absolute atomic E-state index is 13.1. The maximum atomic E-state index is 13.1. The van der Waals surface area contributed by atoms with Crippen LogP contribution in [0.15, 0.2) is 65.1 Å². The van der Waals surface area contributed by atoms with Gasteiger partial charge in [-0.3, -0.25) is 24.9 Å². The van der Waals surface area contributed by atoms with Gasteiger partial charge in [0.15, 0.2) is 0 Å². The first-order valence-electron chi connectivity index (χ1n) is 11.1. The Morgan fingerprint density at radius 2 is 1.91 bits per heavy atom. The summed E-state index contributed by atoms with van der Waals surface area (Å²) >= 11 is 0. The summed E-state index contributed by atoms with van der Waals surface area (Å²) in [6, 6.07) is 9.60. The zero-order chi connectivity index (χ0) is 25.4. The quantitative estimate of drug-likeness (QED) is 0.218. The standard InChI is InChI=1S/C25H27N3O7/c1-4-35-25(30)23-20(15-34-13-10-17-8-11-26-12-9-17)27-16(2)21(24(29)33-3)22(23)18-6-5-7-19(14-18)28(31)32/h5-9,11-12,14,21-22H,4,10,13,15H2,1-3H3. The number of pyridine rings is 1. The van der Waals surface area contributed by atoms with Crippen LogP contribution < -0.4 is 0 Å². The first kappa shape index (κ1) is 25.7. The van der Waals surface area contributed by atoms with Crippen molar-refractivity contribution >= 4 is 23.3 Å². The number of benzene rings is 1. The lowest BCUT2D eigenvalue weighted by Gasteiger charge is -2.31. The second-order valence-electron chi connectivity index (χ2n) is 7.82. The van der Waals surface area contributed by atoms with Crippen LogP contribution in [0.25, 0.3) is 0 Å². The van der Waals surface area contributed by atoms with Gasteiger partial charge in [-0.15, -0.1) is 0 Å². The Balaban J connectivity index is 2.02. The van der Waals surface area contributed by atoms with Crippen molar-refractivity contribution in [1.82, 2.24) is 4.98 Å². The van der Waals surface area contributed by atoms with E-state index in [4.69, 9.17) is 14.2 Å². The van der Waals surface area contributed by atoms with Gasteiger partial charge in [-0.2, -0.15) is 0 Å². The number of nitro groups is 1. The molecule has 0 N–H and O–H groups in total. The van der Waals surface area contributed by atoms with Crippen molar-refractivity contribution in [3.63, 3.8) is 0 Å². The molecule has 0 aliphatic carbocycles. The summed E-state index contributed by atoms with van der Waals surface area (Å²) in [4.78, 5) is 45.3. The lowest BCUT2D eigenvalue weighted by atomic mass is 9.75. The molecular formula is C25H27N3O7. The molecule has 0 fully saturated rings. The van der Waals surface area contributed by atoms with E-state index >= 15 is 0 Å². The minimum atomic E-state index is -0.957. The Bertz CT molecular complexity index is 1140. The highest BCUT2D eigenvalue weighted by Gasteiger charge is 2.43. The van der Waals surface area contributed by atoms with Crippen molar-refractivity contribution in [2.24, 2.45) is 10.9 Å². The molecule has 3 rings (SSSR count). The maximum Gasteiger partial charge on any atom is 0.336 e. The van der Waals surface area contributed by atoms with Gasteiger partial charge in [-0.1, -0.05) is 12.1 Å². The number of ether oxygens (including phenoxy) is 3. The van der Waals surface area contributed by atoms with E-state index in [-0.39, 0.29) is 24.5 Å². The number of carbonyl (C=O) groups excluding carboxylic acids is 2. The molecule has 0 amide bonds. The molecule has 1 aliphatic rings. The predicted octanol–water partition coefficient (Wildman–Crippen LogP) is 3.41. The fraction of sp³-hybridized carbons (Fsp3) is 0.360. The molecule has 2 heterocycles. The molecule has 10 nitrogen and oxygen atoms in total. The minimum absolute atomic E-state index is 0.00408. The molecule has 2 aromatic rings. The first-order chi connectivity index (χ1) is 16.9. The number of carbonyl (C=O) groups is 2. The topological polar surface area (TPSA) is 130 Å². The third-order valence-electron chi connectivity index (χ3n) is 5.63. The van der Waals surface area contributed by atoms with Crippen molar-refractivity contribution in [1.29, 1.82) is 0 Å². The fourth-order valence-electron chi connectivity index (χ4n) is 4.03. The van der Waals surface area contributed by atoms with Gasteiger partial charge in [0.1, 0.15) is 5.92 Å². The monoisotopic (exact) mass is 481 g/mol. The van der Waals surface area contributed by atoms with Gasteiger partial charge in [0.25, 0.3) is 5.69 Å². The average Bonchev–Trinajstić information content (AvgIpc) is 2.86. The number of aromatic nitrogens is 1. The molecule has 0 saturated heterocycles. The van der Waals surface area contributed by atoms with Crippen molar-refractivity contribution in [3.05, 3.63) is 81.3 Å². The molecule has 10 heteroatoms. The van der Waals surface area contributed by atoms with Gasteiger partial charge in [-0.25, -0.2) is 4.79 Å². The van der Waals surface area contributed by atoms with Crippen LogP contribution >= 0.6 is 0 Å². The molecule has 0 radical (unpaired) electrons. The summed E-state index contributed by atoms with van der Waals surface area (Å²) in [6.45, 7) is 3.79. The molecule has 184 valence electrons. The van der Waals surface area contributed by atoms with E-state index in [1.165, 1.54) is 25.3 Å². The van der Waals surface area contributed by atoms with Crippen LogP contribution in [0.2, 0.25) is 0 Å². The molecule has 1 aromatic heterocycles. The van der Waals surface area contributed by atoms with Gasteiger partial charge in [-0.05, 0) is 43.5 Å². The summed E-state index contributed by atoms with van der Waals surface area (Å²) in [5.74, 6) is -3.12. The Morgan fingerprint density at radius 3 is 2.57 bits per heavy atom. The minimum Gasteiger partial charge on any atom is -0.468 e. The summed E-state index contributed by atoms with van der Waals surface area (Å²) in [6.07, 6.45) is 4.02. The van der Waals surface area contributed by atoms with E-state index in [9.17, 15) is 19.7 Å². The number of hydrogen-bond donors (Lipinski definition) is 0. The number of nitrogens with zero attached hydrogens (tertiary/aromatic N) is 3. The number of hydrogen-bond acceptors (Lipinski definition) is 9. The van der Waals surface area contributed by atoms with Crippen molar-refractivity contribution < 1.29 is 28.7 Å². The fourth-order valence-corrected chi connectivity index (χ4v) is 4.03. The normalized spacial score (nSPS) is 17.5. The van der Waals surface area contributed by atoms with Crippen LogP contribution in [0, 0.1) is 16.0 Å². The van der Waals surface area contributed by atoms with E-state index in [0.29, 0.717) is 30.0 Å². The van der Waals surface area contributed by atoms with E-state index in [0.717, 1.165) is 5.56 Å². The smallest absolute Gasteiger partial charge is 0.336 e. The van der Waals surface area contributed by atoms with E-state index in [1.54, 1.807) is 32.3 Å². The average molecular weight is 482 g/mol. The van der Waals surface area contributed by atoms with Crippen molar-refractivity contribution in [2.45, 2.75) is 26.2 Å². The third-order valence-corrected chi connectivity index (χ3v) is 5.63. The Hall–Kier alpha value is -3.92. The molecule has 0 saturated carbocycles. The number of methoxy groups -OCH3 is 1. The molecule has 0 spiro atoms. The van der Waals surface area contributed by atoms with Crippen LogP contribution in [-0.2, 0) is 30.2 Å². The second kappa shape index (κ2) is 12.0. The molecule has 35 heavy (non-hydrogen) atoms. The summed E-state index contributed by atoms with van der Waals surface area (Å²) < 4.78 is 16.1. The van der Waals surface area contributed by atoms with Crippen LogP contribution in [0.4, 0.5) is 5.69 Å². The van der Waals surface area contributed by atoms with E-state index in [1.807, 2.05) is 12.1 Å². The van der Waals surface area contributed by atoms with E-state index in [2.05, 4.69) is 9.98 Å². The molecule has 2 unspecified atom stereocenters. The Kier molecular flexibility index (Phi) is 8.80. The lowest BCUT2D eigenvalue weighted by Crippen LogP contribution is -2.37. The molecule has 1 aromatic carbocycles. The summed E-state index contributed by atoms with van der Waals surface area (Å²) in [7, 11) is 1.24. The Labute approximate surface area is 202 Å². The van der Waals surface area contributed by atoms with Crippen LogP contribution in [0.3, 0.4) is 0 Å². The molecule has 0 bridgehead atoms. The van der Waals surface area contributed by atoms with Gasteiger partial charge < -0.3 is 14.2 Å². The number of nitro benzene ring substituents is 1. The van der Waals surface area contributed by atoms with Gasteiger partial charge >= 0.3 is 11.9 Å². The van der Waals surface area contributed by atoms with Gasteiger partial charge in [0, 0.05) is 36.2 Å². The number of rotatable bonds is 10. The molecule has 2 atom stereocenters. The lowest BCUT2D eigenvalue weighted by molar-refractivity contribution is -0.384. The van der Waals surface area contributed by atoms with Crippen LogP contribution in [-0.4, -0.2) is 54.5 Å². The van der Waals surface area contributed by atoms with Crippen LogP contribution in [0.5, 0.6) is 0 Å². The Morgan fingerprint density at radius 1 is 1.17 bits per heavy atom. The van der Waals surface area contributed by atoms with Crippen molar-refractivity contribution in [2.75, 3.05) is 26.9 Å². The zero-order valence-corrected chi connectivity index (χ0v) is 19.8. The van der Waals surface area contributed by atoms with Gasteiger partial charge in [0.2, 0.25) is 0 Å².